The highest BCUT2D eigenvalue weighted by Gasteiger charge is 2.46. The summed E-state index contributed by atoms with van der Waals surface area (Å²) in [7, 11) is 0. The molecular formula is C25H24N2O2. The molecule has 0 radical (unpaired) electrons. The number of rotatable bonds is 5. The zero-order valence-electron chi connectivity index (χ0n) is 16.5. The van der Waals surface area contributed by atoms with Crippen LogP contribution in [0.25, 0.3) is 0 Å². The van der Waals surface area contributed by atoms with E-state index in [1.54, 1.807) is 4.90 Å². The SMILES string of the molecule is CC1(C(=O)NCc2ccccc2)Cc2ccccc2C(=O)N1Cc1ccccc1. The molecular weight excluding hydrogens is 360 g/mol. The average Bonchev–Trinajstić information content (AvgIpc) is 2.76. The zero-order valence-corrected chi connectivity index (χ0v) is 16.5. The standard InChI is InChI=1S/C25H24N2O2/c1-25(24(29)26-17-19-10-4-2-5-11-19)16-21-14-8-9-15-22(21)23(28)27(25)18-20-12-6-3-7-13-20/h2-15H,16-18H2,1H3,(H,26,29). The van der Waals surface area contributed by atoms with Gasteiger partial charge in [-0.25, -0.2) is 0 Å². The largest absolute Gasteiger partial charge is 0.350 e. The number of nitrogens with one attached hydrogen (secondary N) is 1. The Labute approximate surface area is 171 Å². The lowest BCUT2D eigenvalue weighted by atomic mass is 9.82. The number of benzene rings is 3. The van der Waals surface area contributed by atoms with E-state index in [1.165, 1.54) is 0 Å². The first-order chi connectivity index (χ1) is 14.1. The quantitative estimate of drug-likeness (QED) is 0.724. The molecule has 2 amide bonds. The van der Waals surface area contributed by atoms with Gasteiger partial charge in [-0.15, -0.1) is 0 Å². The highest BCUT2D eigenvalue weighted by molar-refractivity contribution is 6.02. The first-order valence-corrected chi connectivity index (χ1v) is 9.84. The molecule has 3 aromatic carbocycles. The fraction of sp³-hybridized carbons (Fsp3) is 0.200. The molecule has 1 aliphatic rings. The first-order valence-electron chi connectivity index (χ1n) is 9.84. The van der Waals surface area contributed by atoms with E-state index < -0.39 is 5.54 Å². The number of carbonyl (C=O) groups excluding carboxylic acids is 2. The Morgan fingerprint density at radius 3 is 2.17 bits per heavy atom. The Morgan fingerprint density at radius 2 is 1.48 bits per heavy atom. The predicted octanol–water partition coefficient (Wildman–Crippen LogP) is 3.96. The molecule has 1 heterocycles. The molecule has 0 fully saturated rings. The van der Waals surface area contributed by atoms with Crippen LogP contribution >= 0.6 is 0 Å². The fourth-order valence-electron chi connectivity index (χ4n) is 3.90. The molecule has 0 saturated carbocycles. The molecule has 0 saturated heterocycles. The lowest BCUT2D eigenvalue weighted by Gasteiger charge is -2.44. The third-order valence-corrected chi connectivity index (χ3v) is 5.59. The number of hydrogen-bond acceptors (Lipinski definition) is 2. The van der Waals surface area contributed by atoms with Crippen LogP contribution in [0.5, 0.6) is 0 Å². The van der Waals surface area contributed by atoms with Gasteiger partial charge in [0.05, 0.1) is 0 Å². The Bertz CT molecular complexity index is 1020. The van der Waals surface area contributed by atoms with Gasteiger partial charge in [-0.1, -0.05) is 78.9 Å². The molecule has 146 valence electrons. The maximum atomic E-state index is 13.4. The molecule has 29 heavy (non-hydrogen) atoms. The number of nitrogens with zero attached hydrogens (tertiary/aromatic N) is 1. The maximum absolute atomic E-state index is 13.4. The van der Waals surface area contributed by atoms with Gasteiger partial charge in [-0.3, -0.25) is 9.59 Å². The van der Waals surface area contributed by atoms with Crippen LogP contribution in [0.4, 0.5) is 0 Å². The van der Waals surface area contributed by atoms with Gasteiger partial charge < -0.3 is 10.2 Å². The molecule has 0 bridgehead atoms. The van der Waals surface area contributed by atoms with Gasteiger partial charge in [0.1, 0.15) is 5.54 Å². The lowest BCUT2D eigenvalue weighted by Crippen LogP contribution is -2.62. The van der Waals surface area contributed by atoms with E-state index >= 15 is 0 Å². The number of hydrogen-bond donors (Lipinski definition) is 1. The molecule has 1 atom stereocenters. The highest BCUT2D eigenvalue weighted by Crippen LogP contribution is 2.32. The molecule has 1 N–H and O–H groups in total. The van der Waals surface area contributed by atoms with Crippen molar-refractivity contribution in [2.45, 2.75) is 32.0 Å². The van der Waals surface area contributed by atoms with Gasteiger partial charge in [0.15, 0.2) is 0 Å². The highest BCUT2D eigenvalue weighted by atomic mass is 16.2. The Kier molecular flexibility index (Phi) is 5.17. The van der Waals surface area contributed by atoms with Crippen molar-refractivity contribution in [2.24, 2.45) is 0 Å². The van der Waals surface area contributed by atoms with E-state index in [-0.39, 0.29) is 11.8 Å². The summed E-state index contributed by atoms with van der Waals surface area (Å²) >= 11 is 0. The van der Waals surface area contributed by atoms with E-state index in [4.69, 9.17) is 0 Å². The fourth-order valence-corrected chi connectivity index (χ4v) is 3.90. The predicted molar refractivity (Wildman–Crippen MR) is 113 cm³/mol. The molecule has 4 heteroatoms. The summed E-state index contributed by atoms with van der Waals surface area (Å²) in [6, 6.07) is 27.2. The van der Waals surface area contributed by atoms with Crippen molar-refractivity contribution in [1.82, 2.24) is 10.2 Å². The van der Waals surface area contributed by atoms with E-state index in [0.717, 1.165) is 16.7 Å². The van der Waals surface area contributed by atoms with Crippen molar-refractivity contribution < 1.29 is 9.59 Å². The smallest absolute Gasteiger partial charge is 0.255 e. The number of fused-ring (bicyclic) bond motifs is 1. The van der Waals surface area contributed by atoms with Crippen LogP contribution in [0.3, 0.4) is 0 Å². The van der Waals surface area contributed by atoms with Crippen LogP contribution < -0.4 is 5.32 Å². The van der Waals surface area contributed by atoms with Gasteiger partial charge in [0.25, 0.3) is 5.91 Å². The second-order valence-electron chi connectivity index (χ2n) is 7.65. The van der Waals surface area contributed by atoms with Gasteiger partial charge in [-0.05, 0) is 29.7 Å². The third-order valence-electron chi connectivity index (χ3n) is 5.59. The molecule has 0 aliphatic carbocycles. The van der Waals surface area contributed by atoms with E-state index in [0.29, 0.717) is 25.1 Å². The minimum Gasteiger partial charge on any atom is -0.350 e. The van der Waals surface area contributed by atoms with E-state index in [9.17, 15) is 9.59 Å². The summed E-state index contributed by atoms with van der Waals surface area (Å²) in [5.74, 6) is -0.242. The second kappa shape index (κ2) is 7.92. The summed E-state index contributed by atoms with van der Waals surface area (Å²) in [4.78, 5) is 28.4. The number of amides is 2. The summed E-state index contributed by atoms with van der Waals surface area (Å²) in [5.41, 5.74) is 2.66. The van der Waals surface area contributed by atoms with Gasteiger partial charge in [-0.2, -0.15) is 0 Å². The topological polar surface area (TPSA) is 49.4 Å². The number of carbonyl (C=O) groups is 2. The molecule has 4 nitrogen and oxygen atoms in total. The van der Waals surface area contributed by atoms with Crippen LogP contribution in [0.2, 0.25) is 0 Å². The summed E-state index contributed by atoms with van der Waals surface area (Å²) < 4.78 is 0. The van der Waals surface area contributed by atoms with Crippen LogP contribution in [-0.4, -0.2) is 22.3 Å². The molecule has 3 aromatic rings. The molecule has 0 spiro atoms. The van der Waals surface area contributed by atoms with Crippen LogP contribution in [0, 0.1) is 0 Å². The van der Waals surface area contributed by atoms with Crippen molar-refractivity contribution in [1.29, 1.82) is 0 Å². The van der Waals surface area contributed by atoms with Crippen molar-refractivity contribution in [2.75, 3.05) is 0 Å². The van der Waals surface area contributed by atoms with Crippen molar-refractivity contribution >= 4 is 11.8 Å². The molecule has 1 unspecified atom stereocenters. The molecule has 4 rings (SSSR count). The molecule has 0 aromatic heterocycles. The summed E-state index contributed by atoms with van der Waals surface area (Å²) in [6.07, 6.45) is 0.488. The minimum atomic E-state index is -0.962. The van der Waals surface area contributed by atoms with Gasteiger partial charge >= 0.3 is 0 Å². The van der Waals surface area contributed by atoms with E-state index in [2.05, 4.69) is 5.32 Å². The van der Waals surface area contributed by atoms with Gasteiger partial charge in [0.2, 0.25) is 5.91 Å². The van der Waals surface area contributed by atoms with E-state index in [1.807, 2.05) is 91.9 Å². The maximum Gasteiger partial charge on any atom is 0.255 e. The average molecular weight is 384 g/mol. The monoisotopic (exact) mass is 384 g/mol. The Morgan fingerprint density at radius 1 is 0.897 bits per heavy atom. The van der Waals surface area contributed by atoms with Crippen molar-refractivity contribution in [3.05, 3.63) is 107 Å². The normalized spacial score (nSPS) is 18.2. The van der Waals surface area contributed by atoms with Crippen LogP contribution in [0.1, 0.15) is 34.0 Å². The summed E-state index contributed by atoms with van der Waals surface area (Å²) in [6.45, 7) is 2.69. The van der Waals surface area contributed by atoms with Crippen molar-refractivity contribution in [3.8, 4) is 0 Å². The van der Waals surface area contributed by atoms with Crippen LogP contribution in [0.15, 0.2) is 84.9 Å². The Balaban J connectivity index is 1.65. The van der Waals surface area contributed by atoms with Crippen molar-refractivity contribution in [3.63, 3.8) is 0 Å². The third kappa shape index (κ3) is 3.79. The van der Waals surface area contributed by atoms with Gasteiger partial charge in [0, 0.05) is 25.1 Å². The minimum absolute atomic E-state index is 0.104. The molecule has 1 aliphatic heterocycles. The second-order valence-corrected chi connectivity index (χ2v) is 7.65. The van der Waals surface area contributed by atoms with Crippen LogP contribution in [-0.2, 0) is 24.3 Å². The first kappa shape index (κ1) is 18.9. The Hall–Kier alpha value is -3.40. The zero-order chi connectivity index (χ0) is 20.3. The summed E-state index contributed by atoms with van der Waals surface area (Å²) in [5, 5.41) is 3.04. The lowest BCUT2D eigenvalue weighted by molar-refractivity contribution is -0.132.